The maximum Gasteiger partial charge on any atom is 0.225 e. The minimum atomic E-state index is 0.292. The van der Waals surface area contributed by atoms with Gasteiger partial charge in [0, 0.05) is 31.6 Å². The zero-order valence-corrected chi connectivity index (χ0v) is 17.2. The number of amides is 1. The van der Waals surface area contributed by atoms with E-state index in [4.69, 9.17) is 4.74 Å². The second-order valence-corrected chi connectivity index (χ2v) is 8.38. The van der Waals surface area contributed by atoms with Gasteiger partial charge in [-0.15, -0.1) is 0 Å². The highest BCUT2D eigenvalue weighted by molar-refractivity contribution is 5.79. The number of hydrogen-bond acceptors (Lipinski definition) is 3. The normalized spacial score (nSPS) is 18.6. The summed E-state index contributed by atoms with van der Waals surface area (Å²) in [6, 6.07) is 18.6. The van der Waals surface area contributed by atoms with Gasteiger partial charge in [0.2, 0.25) is 5.91 Å². The Kier molecular flexibility index (Phi) is 6.83. The van der Waals surface area contributed by atoms with Crippen LogP contribution in [0.25, 0.3) is 0 Å². The van der Waals surface area contributed by atoms with Gasteiger partial charge in [0.05, 0.1) is 0 Å². The van der Waals surface area contributed by atoms with Crippen molar-refractivity contribution < 1.29 is 9.53 Å². The number of rotatable bonds is 6. The molecular formula is C25H32N2O2. The van der Waals surface area contributed by atoms with Crippen LogP contribution >= 0.6 is 0 Å². The summed E-state index contributed by atoms with van der Waals surface area (Å²) in [6.07, 6.45) is 8.02. The maximum absolute atomic E-state index is 12.7. The van der Waals surface area contributed by atoms with Gasteiger partial charge < -0.3 is 15.0 Å². The lowest BCUT2D eigenvalue weighted by Gasteiger charge is -2.35. The van der Waals surface area contributed by atoms with E-state index in [2.05, 4.69) is 22.3 Å². The molecule has 1 heterocycles. The zero-order valence-electron chi connectivity index (χ0n) is 17.2. The fraction of sp³-hybridized carbons (Fsp3) is 0.480. The molecule has 4 nitrogen and oxygen atoms in total. The molecule has 4 heteroatoms. The van der Waals surface area contributed by atoms with E-state index < -0.39 is 0 Å². The average Bonchev–Trinajstić information content (AvgIpc) is 2.79. The number of hydrogen-bond donors (Lipinski definition) is 1. The van der Waals surface area contributed by atoms with Crippen molar-refractivity contribution in [3.8, 4) is 11.5 Å². The Hall–Kier alpha value is -2.33. The molecule has 1 N–H and O–H groups in total. The van der Waals surface area contributed by atoms with Crippen LogP contribution in [-0.2, 0) is 11.3 Å². The summed E-state index contributed by atoms with van der Waals surface area (Å²) in [4.78, 5) is 14.8. The molecule has 2 fully saturated rings. The summed E-state index contributed by atoms with van der Waals surface area (Å²) < 4.78 is 5.94. The highest BCUT2D eigenvalue weighted by atomic mass is 16.5. The van der Waals surface area contributed by atoms with Crippen molar-refractivity contribution in [2.75, 3.05) is 13.1 Å². The Bertz CT molecular complexity index is 778. The largest absolute Gasteiger partial charge is 0.457 e. The van der Waals surface area contributed by atoms with Crippen molar-refractivity contribution in [3.63, 3.8) is 0 Å². The second-order valence-electron chi connectivity index (χ2n) is 8.38. The van der Waals surface area contributed by atoms with Crippen molar-refractivity contribution in [1.82, 2.24) is 10.2 Å². The number of nitrogens with one attached hydrogen (secondary N) is 1. The van der Waals surface area contributed by atoms with Gasteiger partial charge in [-0.1, -0.05) is 49.6 Å². The van der Waals surface area contributed by atoms with E-state index in [1.54, 1.807) is 0 Å². The molecule has 1 saturated heterocycles. The van der Waals surface area contributed by atoms with Crippen LogP contribution in [0.1, 0.15) is 50.5 Å². The Labute approximate surface area is 174 Å². The minimum Gasteiger partial charge on any atom is -0.457 e. The summed E-state index contributed by atoms with van der Waals surface area (Å²) in [6.45, 7) is 2.61. The molecular weight excluding hydrogens is 360 g/mol. The highest BCUT2D eigenvalue weighted by Crippen LogP contribution is 2.27. The Morgan fingerprint density at radius 3 is 2.38 bits per heavy atom. The van der Waals surface area contributed by atoms with E-state index in [-0.39, 0.29) is 0 Å². The Balaban J connectivity index is 1.23. The van der Waals surface area contributed by atoms with Gasteiger partial charge in [-0.25, -0.2) is 0 Å². The monoisotopic (exact) mass is 392 g/mol. The number of benzene rings is 2. The molecule has 2 aromatic rings. The van der Waals surface area contributed by atoms with Crippen molar-refractivity contribution in [2.24, 2.45) is 5.92 Å². The first kappa shape index (κ1) is 20.0. The van der Waals surface area contributed by atoms with Crippen LogP contribution in [0.5, 0.6) is 11.5 Å². The van der Waals surface area contributed by atoms with E-state index in [0.29, 0.717) is 17.9 Å². The van der Waals surface area contributed by atoms with Gasteiger partial charge in [-0.2, -0.15) is 0 Å². The topological polar surface area (TPSA) is 41.6 Å². The molecule has 0 atom stereocenters. The van der Waals surface area contributed by atoms with E-state index >= 15 is 0 Å². The molecule has 1 aliphatic heterocycles. The lowest BCUT2D eigenvalue weighted by molar-refractivity contribution is -0.137. The number of para-hydroxylation sites is 1. The minimum absolute atomic E-state index is 0.292. The van der Waals surface area contributed by atoms with Crippen molar-refractivity contribution in [1.29, 1.82) is 0 Å². The molecule has 29 heavy (non-hydrogen) atoms. The first-order valence-electron chi connectivity index (χ1n) is 11.1. The van der Waals surface area contributed by atoms with Gasteiger partial charge in [-0.05, 0) is 55.5 Å². The molecule has 154 valence electrons. The molecule has 1 aliphatic carbocycles. The van der Waals surface area contributed by atoms with Crippen LogP contribution in [0, 0.1) is 5.92 Å². The summed E-state index contributed by atoms with van der Waals surface area (Å²) >= 11 is 0. The summed E-state index contributed by atoms with van der Waals surface area (Å²) in [7, 11) is 0. The molecule has 0 aromatic heterocycles. The standard InChI is InChI=1S/C25H32N2O2/c28-25(21-9-3-1-4-10-21)27-16-14-22(15-17-27)26-19-20-8-7-13-24(18-20)29-23-11-5-2-6-12-23/h2,5-8,11-13,18,21-22,26H,1,3-4,9-10,14-17,19H2. The summed E-state index contributed by atoms with van der Waals surface area (Å²) in [5, 5.41) is 3.67. The third kappa shape index (κ3) is 5.60. The van der Waals surface area contributed by atoms with Gasteiger partial charge in [0.25, 0.3) is 0 Å². The lowest BCUT2D eigenvalue weighted by Crippen LogP contribution is -2.46. The SMILES string of the molecule is O=C(C1CCCCC1)N1CCC(NCc2cccc(Oc3ccccc3)c2)CC1. The molecule has 4 rings (SSSR count). The first-order valence-corrected chi connectivity index (χ1v) is 11.1. The van der Waals surface area contributed by atoms with Gasteiger partial charge in [-0.3, -0.25) is 4.79 Å². The molecule has 1 amide bonds. The summed E-state index contributed by atoms with van der Waals surface area (Å²) in [5.41, 5.74) is 1.22. The fourth-order valence-corrected chi connectivity index (χ4v) is 4.52. The predicted octanol–water partition coefficient (Wildman–Crippen LogP) is 5.14. The second kappa shape index (κ2) is 9.93. The van der Waals surface area contributed by atoms with Gasteiger partial charge in [0.15, 0.2) is 0 Å². The molecule has 1 saturated carbocycles. The van der Waals surface area contributed by atoms with Gasteiger partial charge >= 0.3 is 0 Å². The first-order chi connectivity index (χ1) is 14.3. The fourth-order valence-electron chi connectivity index (χ4n) is 4.52. The lowest BCUT2D eigenvalue weighted by atomic mass is 9.87. The predicted molar refractivity (Wildman–Crippen MR) is 116 cm³/mol. The third-order valence-electron chi connectivity index (χ3n) is 6.23. The van der Waals surface area contributed by atoms with E-state index in [0.717, 1.165) is 56.8 Å². The summed E-state index contributed by atoms with van der Waals surface area (Å²) in [5.74, 6) is 2.42. The quantitative estimate of drug-likeness (QED) is 0.740. The number of nitrogens with zero attached hydrogens (tertiary/aromatic N) is 1. The smallest absolute Gasteiger partial charge is 0.225 e. The van der Waals surface area contributed by atoms with Crippen molar-refractivity contribution in [3.05, 3.63) is 60.2 Å². The Morgan fingerprint density at radius 1 is 0.897 bits per heavy atom. The Morgan fingerprint density at radius 2 is 1.62 bits per heavy atom. The van der Waals surface area contributed by atoms with Crippen LogP contribution in [-0.4, -0.2) is 29.9 Å². The van der Waals surface area contributed by atoms with E-state index in [1.165, 1.54) is 24.8 Å². The number of carbonyl (C=O) groups excluding carboxylic acids is 1. The molecule has 2 aliphatic rings. The van der Waals surface area contributed by atoms with Gasteiger partial charge in [0.1, 0.15) is 11.5 Å². The average molecular weight is 393 g/mol. The van der Waals surface area contributed by atoms with Crippen LogP contribution in [0.4, 0.5) is 0 Å². The number of likely N-dealkylation sites (tertiary alicyclic amines) is 1. The van der Waals surface area contributed by atoms with Crippen LogP contribution in [0.2, 0.25) is 0 Å². The van der Waals surface area contributed by atoms with Crippen LogP contribution < -0.4 is 10.1 Å². The van der Waals surface area contributed by atoms with Crippen molar-refractivity contribution in [2.45, 2.75) is 57.5 Å². The molecule has 0 bridgehead atoms. The highest BCUT2D eigenvalue weighted by Gasteiger charge is 2.28. The molecule has 0 unspecified atom stereocenters. The molecule has 0 radical (unpaired) electrons. The third-order valence-corrected chi connectivity index (χ3v) is 6.23. The number of ether oxygens (including phenoxy) is 1. The van der Waals surface area contributed by atoms with Crippen LogP contribution in [0.3, 0.4) is 0 Å². The zero-order chi connectivity index (χ0) is 19.9. The molecule has 0 spiro atoms. The maximum atomic E-state index is 12.7. The van der Waals surface area contributed by atoms with E-state index in [9.17, 15) is 4.79 Å². The van der Waals surface area contributed by atoms with E-state index in [1.807, 2.05) is 42.5 Å². The number of piperidine rings is 1. The van der Waals surface area contributed by atoms with Crippen molar-refractivity contribution >= 4 is 5.91 Å². The number of carbonyl (C=O) groups is 1. The van der Waals surface area contributed by atoms with Crippen LogP contribution in [0.15, 0.2) is 54.6 Å². The molecule has 2 aromatic carbocycles.